The molecule has 19 heavy (non-hydrogen) atoms. The second kappa shape index (κ2) is 8.34. The van der Waals surface area contributed by atoms with E-state index >= 15 is 0 Å². The second-order valence-electron chi connectivity index (χ2n) is 6.75. The summed E-state index contributed by atoms with van der Waals surface area (Å²) in [6.45, 7) is 10.2. The molecule has 0 bridgehead atoms. The van der Waals surface area contributed by atoms with Gasteiger partial charge in [0.05, 0.1) is 7.11 Å². The van der Waals surface area contributed by atoms with E-state index in [4.69, 9.17) is 0 Å². The Balaban J connectivity index is 4.46. The van der Waals surface area contributed by atoms with Crippen LogP contribution in [0.3, 0.4) is 0 Å². The van der Waals surface area contributed by atoms with Gasteiger partial charge in [-0.15, -0.1) is 0 Å². The van der Waals surface area contributed by atoms with Crippen molar-refractivity contribution in [1.29, 1.82) is 0 Å². The molecule has 3 heteroatoms. The molecular weight excluding hydrogens is 240 g/mol. The Bertz CT molecular complexity index is 287. The highest BCUT2D eigenvalue weighted by Gasteiger charge is 2.29. The summed E-state index contributed by atoms with van der Waals surface area (Å²) in [6, 6.07) is 0. The summed E-state index contributed by atoms with van der Waals surface area (Å²) in [5.41, 5.74) is -0.335. The van der Waals surface area contributed by atoms with Crippen molar-refractivity contribution >= 4 is 11.8 Å². The molecule has 0 aliphatic carbocycles. The predicted octanol–water partition coefficient (Wildman–Crippen LogP) is 4.00. The zero-order valence-electron chi connectivity index (χ0n) is 13.4. The highest BCUT2D eigenvalue weighted by atomic mass is 16.5. The number of ether oxygens (including phenoxy) is 1. The third-order valence-electron chi connectivity index (χ3n) is 3.37. The van der Waals surface area contributed by atoms with E-state index in [1.165, 1.54) is 7.11 Å². The molecule has 0 saturated carbocycles. The van der Waals surface area contributed by atoms with E-state index < -0.39 is 0 Å². The molecule has 0 fully saturated rings. The summed E-state index contributed by atoms with van der Waals surface area (Å²) in [4.78, 5) is 23.6. The van der Waals surface area contributed by atoms with Gasteiger partial charge in [-0.1, -0.05) is 47.5 Å². The van der Waals surface area contributed by atoms with E-state index in [2.05, 4.69) is 18.6 Å². The molecule has 0 saturated heterocycles. The van der Waals surface area contributed by atoms with Gasteiger partial charge in [-0.3, -0.25) is 9.59 Å². The lowest BCUT2D eigenvalue weighted by molar-refractivity contribution is -0.141. The molecule has 0 spiro atoms. The van der Waals surface area contributed by atoms with E-state index in [-0.39, 0.29) is 23.1 Å². The van der Waals surface area contributed by atoms with Gasteiger partial charge >= 0.3 is 5.97 Å². The van der Waals surface area contributed by atoms with Crippen LogP contribution in [0.1, 0.15) is 66.7 Å². The third kappa shape index (κ3) is 8.02. The van der Waals surface area contributed by atoms with Gasteiger partial charge in [0.25, 0.3) is 0 Å². The van der Waals surface area contributed by atoms with Crippen LogP contribution in [0.5, 0.6) is 0 Å². The standard InChI is InChI=1S/C16H30O3/c1-12(2)8-7-9-13(10-11-14(17)19-6)15(18)16(3,4)5/h12-13H,7-11H2,1-6H3. The first-order valence-corrected chi connectivity index (χ1v) is 7.29. The molecule has 0 aromatic rings. The highest BCUT2D eigenvalue weighted by Crippen LogP contribution is 2.27. The van der Waals surface area contributed by atoms with Crippen molar-refractivity contribution < 1.29 is 14.3 Å². The first-order chi connectivity index (χ1) is 8.68. The molecule has 0 amide bonds. The molecule has 0 aliphatic rings. The molecule has 0 aromatic heterocycles. The van der Waals surface area contributed by atoms with Crippen molar-refractivity contribution in [3.05, 3.63) is 0 Å². The van der Waals surface area contributed by atoms with Gasteiger partial charge in [0.1, 0.15) is 5.78 Å². The molecule has 0 radical (unpaired) electrons. The van der Waals surface area contributed by atoms with Crippen LogP contribution in [0, 0.1) is 17.3 Å². The monoisotopic (exact) mass is 270 g/mol. The molecule has 1 atom stereocenters. The maximum absolute atomic E-state index is 12.4. The van der Waals surface area contributed by atoms with Crippen molar-refractivity contribution in [2.75, 3.05) is 7.11 Å². The minimum Gasteiger partial charge on any atom is -0.469 e. The van der Waals surface area contributed by atoms with Gasteiger partial charge < -0.3 is 4.74 Å². The Morgan fingerprint density at radius 2 is 1.63 bits per heavy atom. The van der Waals surface area contributed by atoms with Crippen molar-refractivity contribution in [1.82, 2.24) is 0 Å². The van der Waals surface area contributed by atoms with Crippen molar-refractivity contribution in [3.63, 3.8) is 0 Å². The first kappa shape index (κ1) is 18.1. The molecule has 0 aliphatic heterocycles. The summed E-state index contributed by atoms with van der Waals surface area (Å²) in [6.07, 6.45) is 4.01. The van der Waals surface area contributed by atoms with E-state index in [9.17, 15) is 9.59 Å². The Labute approximate surface area is 118 Å². The fourth-order valence-electron chi connectivity index (χ4n) is 2.19. The number of carbonyl (C=O) groups is 2. The molecule has 3 nitrogen and oxygen atoms in total. The smallest absolute Gasteiger partial charge is 0.305 e. The minimum absolute atomic E-state index is 0.0159. The van der Waals surface area contributed by atoms with Crippen LogP contribution in [0.4, 0.5) is 0 Å². The number of hydrogen-bond donors (Lipinski definition) is 0. The van der Waals surface area contributed by atoms with Crippen LogP contribution < -0.4 is 0 Å². The zero-order valence-corrected chi connectivity index (χ0v) is 13.4. The van der Waals surface area contributed by atoms with Gasteiger partial charge in [-0.2, -0.15) is 0 Å². The van der Waals surface area contributed by atoms with Crippen LogP contribution in [0.25, 0.3) is 0 Å². The van der Waals surface area contributed by atoms with Gasteiger partial charge in [-0.05, 0) is 18.8 Å². The Morgan fingerprint density at radius 3 is 2.05 bits per heavy atom. The van der Waals surface area contributed by atoms with Crippen LogP contribution in [0.15, 0.2) is 0 Å². The molecule has 112 valence electrons. The summed E-state index contributed by atoms with van der Waals surface area (Å²) in [5.74, 6) is 0.680. The maximum Gasteiger partial charge on any atom is 0.305 e. The Hall–Kier alpha value is -0.860. The van der Waals surface area contributed by atoms with Crippen molar-refractivity contribution in [3.8, 4) is 0 Å². The van der Waals surface area contributed by atoms with Crippen LogP contribution >= 0.6 is 0 Å². The number of esters is 1. The minimum atomic E-state index is -0.335. The topological polar surface area (TPSA) is 43.4 Å². The molecule has 0 rings (SSSR count). The number of ketones is 1. The summed E-state index contributed by atoms with van der Waals surface area (Å²) in [7, 11) is 1.39. The lowest BCUT2D eigenvalue weighted by atomic mass is 9.78. The normalized spacial score (nSPS) is 13.4. The number of carbonyl (C=O) groups excluding carboxylic acids is 2. The quantitative estimate of drug-likeness (QED) is 0.626. The van der Waals surface area contributed by atoms with E-state index in [1.807, 2.05) is 20.8 Å². The van der Waals surface area contributed by atoms with Crippen LogP contribution in [-0.4, -0.2) is 18.9 Å². The average Bonchev–Trinajstić information content (AvgIpc) is 2.30. The lowest BCUT2D eigenvalue weighted by Gasteiger charge is -2.24. The van der Waals surface area contributed by atoms with E-state index in [1.54, 1.807) is 0 Å². The fourth-order valence-corrected chi connectivity index (χ4v) is 2.19. The SMILES string of the molecule is COC(=O)CCC(CCCC(C)C)C(=O)C(C)(C)C. The second-order valence-corrected chi connectivity index (χ2v) is 6.75. The van der Waals surface area contributed by atoms with Crippen molar-refractivity contribution in [2.45, 2.75) is 66.7 Å². The lowest BCUT2D eigenvalue weighted by Crippen LogP contribution is -2.29. The van der Waals surface area contributed by atoms with Crippen molar-refractivity contribution in [2.24, 2.45) is 17.3 Å². The Morgan fingerprint density at radius 1 is 1.05 bits per heavy atom. The number of methoxy groups -OCH3 is 1. The summed E-state index contributed by atoms with van der Waals surface area (Å²) in [5, 5.41) is 0. The first-order valence-electron chi connectivity index (χ1n) is 7.29. The number of Topliss-reactive ketones (excluding diaryl/α,β-unsaturated/α-hetero) is 1. The van der Waals surface area contributed by atoms with Crippen LogP contribution in [0.2, 0.25) is 0 Å². The van der Waals surface area contributed by atoms with E-state index in [0.29, 0.717) is 18.8 Å². The van der Waals surface area contributed by atoms with Gasteiger partial charge in [0.15, 0.2) is 0 Å². The summed E-state index contributed by atoms with van der Waals surface area (Å²) < 4.78 is 4.66. The molecule has 1 unspecified atom stereocenters. The van der Waals surface area contributed by atoms with E-state index in [0.717, 1.165) is 19.3 Å². The highest BCUT2D eigenvalue weighted by molar-refractivity contribution is 5.86. The maximum atomic E-state index is 12.4. The zero-order chi connectivity index (χ0) is 15.1. The number of hydrogen-bond acceptors (Lipinski definition) is 3. The molecule has 0 aromatic carbocycles. The molecule has 0 N–H and O–H groups in total. The number of rotatable bonds is 8. The van der Waals surface area contributed by atoms with Crippen LogP contribution in [-0.2, 0) is 14.3 Å². The Kier molecular flexibility index (Phi) is 7.96. The van der Waals surface area contributed by atoms with Gasteiger partial charge in [0, 0.05) is 17.8 Å². The molecular formula is C16H30O3. The predicted molar refractivity (Wildman–Crippen MR) is 77.9 cm³/mol. The van der Waals surface area contributed by atoms with Gasteiger partial charge in [0.2, 0.25) is 0 Å². The summed E-state index contributed by atoms with van der Waals surface area (Å²) >= 11 is 0. The molecule has 0 heterocycles. The third-order valence-corrected chi connectivity index (χ3v) is 3.37. The average molecular weight is 270 g/mol. The largest absolute Gasteiger partial charge is 0.469 e. The fraction of sp³-hybridized carbons (Fsp3) is 0.875. The van der Waals surface area contributed by atoms with Gasteiger partial charge in [-0.25, -0.2) is 0 Å².